The first kappa shape index (κ1) is 12.0. The van der Waals surface area contributed by atoms with Gasteiger partial charge in [0.2, 0.25) is 0 Å². The van der Waals surface area contributed by atoms with E-state index in [2.05, 4.69) is 16.9 Å². The summed E-state index contributed by atoms with van der Waals surface area (Å²) in [5, 5.41) is 3.13. The molecule has 3 nitrogen and oxygen atoms in total. The Labute approximate surface area is 80.9 Å². The third-order valence-electron chi connectivity index (χ3n) is 1.13. The standard InChI is InChI=1S/C10H20N2O/c1-6-7-13-10(11-8(2)3)12-9(4)5/h6,8-9H,1,7H2,2-5H3,(H,11,12). The van der Waals surface area contributed by atoms with Crippen molar-refractivity contribution in [3.8, 4) is 0 Å². The van der Waals surface area contributed by atoms with Crippen LogP contribution in [0.2, 0.25) is 0 Å². The molecule has 0 aromatic carbocycles. The van der Waals surface area contributed by atoms with Crippen LogP contribution in [0.5, 0.6) is 0 Å². The van der Waals surface area contributed by atoms with Gasteiger partial charge in [0.1, 0.15) is 6.61 Å². The van der Waals surface area contributed by atoms with Gasteiger partial charge in [-0.3, -0.25) is 0 Å². The van der Waals surface area contributed by atoms with E-state index >= 15 is 0 Å². The highest BCUT2D eigenvalue weighted by molar-refractivity contribution is 5.74. The van der Waals surface area contributed by atoms with Gasteiger partial charge in [-0.1, -0.05) is 12.7 Å². The van der Waals surface area contributed by atoms with Crippen LogP contribution in [0.25, 0.3) is 0 Å². The van der Waals surface area contributed by atoms with Gasteiger partial charge in [-0.05, 0) is 27.7 Å². The fourth-order valence-electron chi connectivity index (χ4n) is 0.736. The van der Waals surface area contributed by atoms with Crippen molar-refractivity contribution in [2.45, 2.75) is 39.8 Å². The molecule has 3 heteroatoms. The van der Waals surface area contributed by atoms with Gasteiger partial charge in [0.15, 0.2) is 0 Å². The fourth-order valence-corrected chi connectivity index (χ4v) is 0.736. The van der Waals surface area contributed by atoms with Gasteiger partial charge in [0.25, 0.3) is 6.02 Å². The fraction of sp³-hybridized carbons (Fsp3) is 0.700. The molecule has 0 aromatic rings. The summed E-state index contributed by atoms with van der Waals surface area (Å²) in [6, 6.07) is 1.18. The first-order valence-corrected chi connectivity index (χ1v) is 4.64. The van der Waals surface area contributed by atoms with Crippen molar-refractivity contribution in [3.05, 3.63) is 12.7 Å². The Balaban J connectivity index is 4.09. The molecule has 0 saturated carbocycles. The third kappa shape index (κ3) is 7.37. The number of nitrogens with zero attached hydrogens (tertiary/aromatic N) is 1. The average molecular weight is 184 g/mol. The number of hydrogen-bond acceptors (Lipinski definition) is 2. The van der Waals surface area contributed by atoms with E-state index in [9.17, 15) is 0 Å². The molecule has 0 bridgehead atoms. The molecule has 13 heavy (non-hydrogen) atoms. The second kappa shape index (κ2) is 6.52. The summed E-state index contributed by atoms with van der Waals surface area (Å²) < 4.78 is 5.33. The third-order valence-corrected chi connectivity index (χ3v) is 1.13. The summed E-state index contributed by atoms with van der Waals surface area (Å²) >= 11 is 0. The van der Waals surface area contributed by atoms with Crippen LogP contribution in [0.1, 0.15) is 27.7 Å². The monoisotopic (exact) mass is 184 g/mol. The summed E-state index contributed by atoms with van der Waals surface area (Å²) in [6.07, 6.45) is 1.71. The van der Waals surface area contributed by atoms with E-state index in [1.807, 2.05) is 27.7 Å². The quantitative estimate of drug-likeness (QED) is 0.411. The molecule has 0 spiro atoms. The number of ether oxygens (including phenoxy) is 1. The predicted octanol–water partition coefficient (Wildman–Crippen LogP) is 1.95. The smallest absolute Gasteiger partial charge is 0.285 e. The lowest BCUT2D eigenvalue weighted by atomic mass is 10.4. The van der Waals surface area contributed by atoms with Crippen LogP contribution in [0.15, 0.2) is 17.6 Å². The van der Waals surface area contributed by atoms with E-state index in [1.165, 1.54) is 0 Å². The molecule has 0 rings (SSSR count). The molecular weight excluding hydrogens is 164 g/mol. The first-order valence-electron chi connectivity index (χ1n) is 4.64. The second-order valence-corrected chi connectivity index (χ2v) is 3.43. The van der Waals surface area contributed by atoms with Crippen molar-refractivity contribution in [1.82, 2.24) is 5.32 Å². The average Bonchev–Trinajstić information content (AvgIpc) is 1.98. The van der Waals surface area contributed by atoms with Gasteiger partial charge in [-0.2, -0.15) is 0 Å². The van der Waals surface area contributed by atoms with E-state index in [1.54, 1.807) is 6.08 Å². The van der Waals surface area contributed by atoms with Crippen LogP contribution in [0, 0.1) is 0 Å². The van der Waals surface area contributed by atoms with Gasteiger partial charge < -0.3 is 10.1 Å². The lowest BCUT2D eigenvalue weighted by Gasteiger charge is -2.13. The van der Waals surface area contributed by atoms with Crippen LogP contribution in [-0.4, -0.2) is 24.7 Å². The molecule has 0 heterocycles. The van der Waals surface area contributed by atoms with E-state index in [4.69, 9.17) is 4.74 Å². The lowest BCUT2D eigenvalue weighted by Crippen LogP contribution is -2.33. The molecule has 0 aliphatic carbocycles. The minimum absolute atomic E-state index is 0.242. The van der Waals surface area contributed by atoms with Gasteiger partial charge in [-0.25, -0.2) is 4.99 Å². The normalized spacial score (nSPS) is 12.0. The maximum absolute atomic E-state index is 5.33. The van der Waals surface area contributed by atoms with Crippen LogP contribution >= 0.6 is 0 Å². The Bertz CT molecular complexity index is 174. The van der Waals surface area contributed by atoms with Gasteiger partial charge in [0.05, 0.1) is 0 Å². The highest BCUT2D eigenvalue weighted by Gasteiger charge is 2.02. The topological polar surface area (TPSA) is 33.6 Å². The molecule has 0 aliphatic heterocycles. The minimum atomic E-state index is 0.242. The Kier molecular flexibility index (Phi) is 6.02. The Morgan fingerprint density at radius 3 is 2.46 bits per heavy atom. The molecule has 0 saturated heterocycles. The van der Waals surface area contributed by atoms with Crippen molar-refractivity contribution >= 4 is 6.02 Å². The predicted molar refractivity (Wildman–Crippen MR) is 57.0 cm³/mol. The molecular formula is C10H20N2O. The van der Waals surface area contributed by atoms with Gasteiger partial charge in [-0.15, -0.1) is 0 Å². The summed E-state index contributed by atoms with van der Waals surface area (Å²) in [6.45, 7) is 12.2. The van der Waals surface area contributed by atoms with Gasteiger partial charge >= 0.3 is 0 Å². The van der Waals surface area contributed by atoms with E-state index in [-0.39, 0.29) is 6.04 Å². The zero-order valence-electron chi connectivity index (χ0n) is 9.00. The molecule has 0 unspecified atom stereocenters. The largest absolute Gasteiger partial charge is 0.461 e. The molecule has 0 fully saturated rings. The highest BCUT2D eigenvalue weighted by atomic mass is 16.5. The lowest BCUT2D eigenvalue weighted by molar-refractivity contribution is 0.323. The first-order chi connectivity index (χ1) is 6.06. The SMILES string of the molecule is C=CCOC(=NC(C)C)NC(C)C. The van der Waals surface area contributed by atoms with Crippen molar-refractivity contribution in [2.75, 3.05) is 6.61 Å². The van der Waals surface area contributed by atoms with Crippen LogP contribution in [0.4, 0.5) is 0 Å². The Morgan fingerprint density at radius 1 is 1.46 bits per heavy atom. The van der Waals surface area contributed by atoms with Crippen molar-refractivity contribution in [1.29, 1.82) is 0 Å². The van der Waals surface area contributed by atoms with E-state index < -0.39 is 0 Å². The van der Waals surface area contributed by atoms with Crippen molar-refractivity contribution in [2.24, 2.45) is 4.99 Å². The second-order valence-electron chi connectivity index (χ2n) is 3.43. The maximum atomic E-state index is 5.33. The highest BCUT2D eigenvalue weighted by Crippen LogP contribution is 1.91. The van der Waals surface area contributed by atoms with Crippen LogP contribution in [-0.2, 0) is 4.74 Å². The van der Waals surface area contributed by atoms with E-state index in [0.717, 1.165) is 0 Å². The summed E-state index contributed by atoms with van der Waals surface area (Å²) in [5.41, 5.74) is 0. The molecule has 0 amide bonds. The zero-order chi connectivity index (χ0) is 10.3. The van der Waals surface area contributed by atoms with Crippen LogP contribution in [0.3, 0.4) is 0 Å². The minimum Gasteiger partial charge on any atom is -0.461 e. The maximum Gasteiger partial charge on any atom is 0.285 e. The summed E-state index contributed by atoms with van der Waals surface area (Å²) in [7, 11) is 0. The summed E-state index contributed by atoms with van der Waals surface area (Å²) in [4.78, 5) is 4.29. The number of amidine groups is 1. The molecule has 0 atom stereocenters. The van der Waals surface area contributed by atoms with E-state index in [0.29, 0.717) is 18.7 Å². The number of nitrogens with one attached hydrogen (secondary N) is 1. The zero-order valence-corrected chi connectivity index (χ0v) is 9.00. The Morgan fingerprint density at radius 2 is 2.08 bits per heavy atom. The van der Waals surface area contributed by atoms with Crippen molar-refractivity contribution < 1.29 is 4.74 Å². The Hall–Kier alpha value is -0.990. The van der Waals surface area contributed by atoms with Crippen LogP contribution < -0.4 is 5.32 Å². The summed E-state index contributed by atoms with van der Waals surface area (Å²) in [5.74, 6) is 0. The molecule has 1 N–H and O–H groups in total. The molecule has 0 aromatic heterocycles. The van der Waals surface area contributed by atoms with Crippen molar-refractivity contribution in [3.63, 3.8) is 0 Å². The number of hydrogen-bond donors (Lipinski definition) is 1. The molecule has 76 valence electrons. The molecule has 0 aliphatic rings. The number of aliphatic imine (C=N–C) groups is 1. The number of rotatable bonds is 4. The molecule has 0 radical (unpaired) electrons. The van der Waals surface area contributed by atoms with Gasteiger partial charge in [0, 0.05) is 12.1 Å².